The van der Waals surface area contributed by atoms with Gasteiger partial charge < -0.3 is 19.6 Å². The van der Waals surface area contributed by atoms with E-state index in [4.69, 9.17) is 9.47 Å². The molecule has 21 heavy (non-hydrogen) atoms. The number of nitrogens with one attached hydrogen (secondary N) is 1. The summed E-state index contributed by atoms with van der Waals surface area (Å²) in [5.74, 6) is 0.486. The maximum Gasteiger partial charge on any atom is 0.407 e. The van der Waals surface area contributed by atoms with Gasteiger partial charge in [0.05, 0.1) is 19.8 Å². The first-order valence-electron chi connectivity index (χ1n) is 7.06. The number of benzene rings is 1. The van der Waals surface area contributed by atoms with Crippen LogP contribution in [-0.4, -0.2) is 26.1 Å². The van der Waals surface area contributed by atoms with Crippen molar-refractivity contribution in [2.45, 2.75) is 26.8 Å². The van der Waals surface area contributed by atoms with Crippen molar-refractivity contribution in [3.63, 3.8) is 0 Å². The van der Waals surface area contributed by atoms with Gasteiger partial charge in [-0.3, -0.25) is 0 Å². The van der Waals surface area contributed by atoms with Crippen molar-refractivity contribution < 1.29 is 19.1 Å². The fourth-order valence-electron chi connectivity index (χ4n) is 2.13. The molecule has 0 aromatic heterocycles. The van der Waals surface area contributed by atoms with Crippen LogP contribution in [0.2, 0.25) is 0 Å². The molecule has 0 aliphatic heterocycles. The van der Waals surface area contributed by atoms with Crippen LogP contribution >= 0.6 is 0 Å². The van der Waals surface area contributed by atoms with E-state index in [1.165, 1.54) is 0 Å². The Bertz CT molecular complexity index is 456. The highest BCUT2D eigenvalue weighted by Crippen LogP contribution is 2.28. The van der Waals surface area contributed by atoms with E-state index in [0.717, 1.165) is 17.6 Å². The van der Waals surface area contributed by atoms with Crippen molar-refractivity contribution in [1.82, 2.24) is 5.32 Å². The smallest absolute Gasteiger partial charge is 0.407 e. The second-order valence-corrected chi connectivity index (χ2v) is 5.07. The van der Waals surface area contributed by atoms with Gasteiger partial charge in [-0.2, -0.15) is 0 Å². The number of aldehydes is 1. The largest absolute Gasteiger partial charge is 0.497 e. The van der Waals surface area contributed by atoms with Crippen molar-refractivity contribution in [3.8, 4) is 5.75 Å². The number of alkyl carbamates (subject to hydrolysis) is 1. The number of rotatable bonds is 7. The zero-order valence-corrected chi connectivity index (χ0v) is 13.0. The predicted octanol–water partition coefficient (Wildman–Crippen LogP) is 2.95. The summed E-state index contributed by atoms with van der Waals surface area (Å²) < 4.78 is 10.0. The summed E-state index contributed by atoms with van der Waals surface area (Å²) in [5, 5.41) is 2.77. The molecule has 1 aromatic carbocycles. The van der Waals surface area contributed by atoms with Crippen LogP contribution in [0.1, 0.15) is 32.4 Å². The number of carbonyl (C=O) groups excluding carboxylic acids is 2. The molecule has 0 spiro atoms. The molecule has 0 saturated carbocycles. The van der Waals surface area contributed by atoms with Gasteiger partial charge in [0.2, 0.25) is 0 Å². The minimum atomic E-state index is -0.522. The lowest BCUT2D eigenvalue weighted by Gasteiger charge is -2.27. The Morgan fingerprint density at radius 3 is 2.33 bits per heavy atom. The van der Waals surface area contributed by atoms with Gasteiger partial charge in [-0.05, 0) is 30.5 Å². The summed E-state index contributed by atoms with van der Waals surface area (Å²) in [4.78, 5) is 23.1. The fraction of sp³-hybridized carbons (Fsp3) is 0.500. The Labute approximate surface area is 125 Å². The molecule has 116 valence electrons. The molecule has 1 rings (SSSR count). The first-order valence-corrected chi connectivity index (χ1v) is 7.06. The zero-order chi connectivity index (χ0) is 15.8. The molecule has 0 aliphatic carbocycles. The van der Waals surface area contributed by atoms with Crippen molar-refractivity contribution >= 4 is 12.4 Å². The number of hydrogen-bond acceptors (Lipinski definition) is 4. The normalized spacial score (nSPS) is 13.4. The van der Waals surface area contributed by atoms with Crippen LogP contribution in [0.15, 0.2) is 24.3 Å². The second kappa shape index (κ2) is 8.29. The van der Waals surface area contributed by atoms with Crippen LogP contribution in [-0.2, 0) is 9.53 Å². The van der Waals surface area contributed by atoms with Gasteiger partial charge in [-0.15, -0.1) is 0 Å². The van der Waals surface area contributed by atoms with E-state index in [9.17, 15) is 9.59 Å². The van der Waals surface area contributed by atoms with E-state index in [2.05, 4.69) is 5.32 Å². The Kier molecular flexibility index (Phi) is 6.72. The maximum absolute atomic E-state index is 11.7. The Morgan fingerprint density at radius 2 is 1.90 bits per heavy atom. The number of ether oxygens (including phenoxy) is 2. The van der Waals surface area contributed by atoms with Crippen LogP contribution in [0.4, 0.5) is 4.79 Å². The number of hydrogen-bond donors (Lipinski definition) is 1. The zero-order valence-electron chi connectivity index (χ0n) is 13.0. The molecule has 0 aliphatic rings. The molecule has 2 atom stereocenters. The summed E-state index contributed by atoms with van der Waals surface area (Å²) in [7, 11) is 1.59. The lowest BCUT2D eigenvalue weighted by Crippen LogP contribution is -2.36. The first-order chi connectivity index (χ1) is 10.0. The van der Waals surface area contributed by atoms with Crippen LogP contribution in [0, 0.1) is 11.8 Å². The van der Waals surface area contributed by atoms with E-state index in [0.29, 0.717) is 0 Å². The molecule has 5 nitrogen and oxygen atoms in total. The fourth-order valence-corrected chi connectivity index (χ4v) is 2.13. The van der Waals surface area contributed by atoms with Crippen molar-refractivity contribution in [2.75, 3.05) is 13.7 Å². The molecule has 5 heteroatoms. The van der Waals surface area contributed by atoms with Gasteiger partial charge >= 0.3 is 6.09 Å². The Morgan fingerprint density at radius 1 is 1.29 bits per heavy atom. The molecule has 0 unspecified atom stereocenters. The summed E-state index contributed by atoms with van der Waals surface area (Å²) in [6.45, 7) is 5.92. The lowest BCUT2D eigenvalue weighted by molar-refractivity contribution is -0.113. The van der Waals surface area contributed by atoms with Crippen LogP contribution < -0.4 is 10.1 Å². The maximum atomic E-state index is 11.7. The quantitative estimate of drug-likeness (QED) is 0.785. The number of amides is 1. The summed E-state index contributed by atoms with van der Waals surface area (Å²) in [5.41, 5.74) is 0.842. The van der Waals surface area contributed by atoms with Gasteiger partial charge in [0.1, 0.15) is 12.0 Å². The summed E-state index contributed by atoms with van der Waals surface area (Å²) in [6.07, 6.45) is 0.358. The molecule has 0 heterocycles. The highest BCUT2D eigenvalue weighted by molar-refractivity contribution is 5.69. The molecule has 1 N–H and O–H groups in total. The third-order valence-electron chi connectivity index (χ3n) is 3.34. The van der Waals surface area contributed by atoms with Crippen molar-refractivity contribution in [2.24, 2.45) is 11.8 Å². The molecule has 0 saturated heterocycles. The minimum Gasteiger partial charge on any atom is -0.497 e. The molecule has 1 amide bonds. The minimum absolute atomic E-state index is 0.0940. The van der Waals surface area contributed by atoms with Crippen molar-refractivity contribution in [1.29, 1.82) is 0 Å². The SMILES string of the molecule is CCOC(=O)N[C@H](c1ccc(OC)cc1)[C@H](C=O)C(C)C. The molecule has 0 fully saturated rings. The van der Waals surface area contributed by atoms with E-state index < -0.39 is 12.1 Å². The Hall–Kier alpha value is -2.04. The van der Waals surface area contributed by atoms with E-state index >= 15 is 0 Å². The lowest BCUT2D eigenvalue weighted by atomic mass is 9.85. The average molecular weight is 293 g/mol. The highest BCUT2D eigenvalue weighted by Gasteiger charge is 2.27. The third-order valence-corrected chi connectivity index (χ3v) is 3.34. The molecule has 1 aromatic rings. The van der Waals surface area contributed by atoms with Crippen LogP contribution in [0.3, 0.4) is 0 Å². The standard InChI is InChI=1S/C16H23NO4/c1-5-21-16(19)17-15(14(10-18)11(2)3)12-6-8-13(20-4)9-7-12/h6-11,14-15H,5H2,1-4H3,(H,17,19)/t14-,15-/m1/s1. The van der Waals surface area contributed by atoms with E-state index in [1.807, 2.05) is 26.0 Å². The predicted molar refractivity (Wildman–Crippen MR) is 80.3 cm³/mol. The van der Waals surface area contributed by atoms with Crippen LogP contribution in [0.25, 0.3) is 0 Å². The van der Waals surface area contributed by atoms with Crippen LogP contribution in [0.5, 0.6) is 5.75 Å². The topological polar surface area (TPSA) is 64.6 Å². The van der Waals surface area contributed by atoms with Gasteiger partial charge in [0.15, 0.2) is 0 Å². The molecular formula is C16H23NO4. The number of methoxy groups -OCH3 is 1. The summed E-state index contributed by atoms with van der Waals surface area (Å²) in [6, 6.07) is 6.87. The average Bonchev–Trinajstić information content (AvgIpc) is 2.47. The van der Waals surface area contributed by atoms with Gasteiger partial charge in [0, 0.05) is 5.92 Å². The van der Waals surface area contributed by atoms with E-state index in [-0.39, 0.29) is 18.4 Å². The van der Waals surface area contributed by atoms with Crippen molar-refractivity contribution in [3.05, 3.63) is 29.8 Å². The van der Waals surface area contributed by atoms with E-state index in [1.54, 1.807) is 26.2 Å². The Balaban J connectivity index is 3.03. The van der Waals surface area contributed by atoms with Gasteiger partial charge in [-0.25, -0.2) is 4.79 Å². The van der Waals surface area contributed by atoms with Gasteiger partial charge in [-0.1, -0.05) is 26.0 Å². The molecule has 0 radical (unpaired) electrons. The first kappa shape index (κ1) is 17.0. The molecule has 0 bridgehead atoms. The molecular weight excluding hydrogens is 270 g/mol. The number of carbonyl (C=O) groups is 2. The third kappa shape index (κ3) is 4.77. The summed E-state index contributed by atoms with van der Waals surface area (Å²) >= 11 is 0. The highest BCUT2D eigenvalue weighted by atomic mass is 16.5. The van der Waals surface area contributed by atoms with Gasteiger partial charge in [0.25, 0.3) is 0 Å². The monoisotopic (exact) mass is 293 g/mol. The second-order valence-electron chi connectivity index (χ2n) is 5.07.